The Morgan fingerprint density at radius 3 is 2.62 bits per heavy atom. The molecule has 4 aromatic rings. The number of aromatic hydroxyl groups is 1. The Labute approximate surface area is 148 Å². The van der Waals surface area contributed by atoms with Crippen LogP contribution < -0.4 is 5.32 Å². The number of furan rings is 1. The molecule has 0 aliphatic heterocycles. The summed E-state index contributed by atoms with van der Waals surface area (Å²) in [7, 11) is 0. The number of fused-ring (bicyclic) bond motifs is 1. The minimum Gasteiger partial charge on any atom is -0.507 e. The third kappa shape index (κ3) is 2.69. The van der Waals surface area contributed by atoms with E-state index in [9.17, 15) is 9.90 Å². The van der Waals surface area contributed by atoms with E-state index in [2.05, 4.69) is 15.4 Å². The number of aryl methyl sites for hydroxylation is 2. The molecular formula is C19H16N4O3. The fourth-order valence-electron chi connectivity index (χ4n) is 2.85. The van der Waals surface area contributed by atoms with Crippen LogP contribution in [-0.4, -0.2) is 25.6 Å². The monoisotopic (exact) mass is 348 g/mol. The van der Waals surface area contributed by atoms with Crippen LogP contribution >= 0.6 is 0 Å². The normalized spacial score (nSPS) is 11.0. The van der Waals surface area contributed by atoms with Gasteiger partial charge in [-0.1, -0.05) is 6.07 Å². The number of hydrogen-bond acceptors (Lipinski definition) is 5. The fraction of sp³-hybridized carbons (Fsp3) is 0.105. The van der Waals surface area contributed by atoms with E-state index in [1.165, 1.54) is 6.26 Å². The van der Waals surface area contributed by atoms with Crippen LogP contribution in [0.3, 0.4) is 0 Å². The van der Waals surface area contributed by atoms with Gasteiger partial charge < -0.3 is 9.52 Å². The molecule has 0 spiro atoms. The van der Waals surface area contributed by atoms with Crippen molar-refractivity contribution in [3.05, 3.63) is 65.6 Å². The maximum Gasteiger partial charge on any atom is 0.293 e. The summed E-state index contributed by atoms with van der Waals surface area (Å²) in [6, 6.07) is 12.6. The SMILES string of the molecule is Cc1cc(-c2cccc3nc(NC(=O)c4ccco4)nn23)cc(C)c1O. The number of hydrogen-bond donors (Lipinski definition) is 2. The van der Waals surface area contributed by atoms with Gasteiger partial charge in [-0.25, -0.2) is 4.52 Å². The smallest absolute Gasteiger partial charge is 0.293 e. The van der Waals surface area contributed by atoms with Crippen molar-refractivity contribution >= 4 is 17.5 Å². The summed E-state index contributed by atoms with van der Waals surface area (Å²) in [5.74, 6) is 0.245. The highest BCUT2D eigenvalue weighted by Gasteiger charge is 2.15. The van der Waals surface area contributed by atoms with E-state index in [4.69, 9.17) is 4.42 Å². The first-order valence-electron chi connectivity index (χ1n) is 8.04. The number of nitrogens with zero attached hydrogens (tertiary/aromatic N) is 3. The Bertz CT molecular complexity index is 1090. The predicted octanol–water partition coefficient (Wildman–Crippen LogP) is 3.56. The third-order valence-electron chi connectivity index (χ3n) is 4.12. The van der Waals surface area contributed by atoms with E-state index in [1.54, 1.807) is 22.7 Å². The van der Waals surface area contributed by atoms with Gasteiger partial charge in [0.25, 0.3) is 5.91 Å². The van der Waals surface area contributed by atoms with Crippen LogP contribution in [0.1, 0.15) is 21.7 Å². The quantitative estimate of drug-likeness (QED) is 0.590. The second kappa shape index (κ2) is 6.03. The minimum absolute atomic E-state index is 0.186. The van der Waals surface area contributed by atoms with Gasteiger partial charge in [0, 0.05) is 5.56 Å². The third-order valence-corrected chi connectivity index (χ3v) is 4.12. The maximum absolute atomic E-state index is 12.1. The zero-order chi connectivity index (χ0) is 18.3. The van der Waals surface area contributed by atoms with Crippen LogP contribution in [0.25, 0.3) is 16.9 Å². The molecule has 1 amide bonds. The summed E-state index contributed by atoms with van der Waals surface area (Å²) in [4.78, 5) is 16.5. The molecule has 4 rings (SSSR count). The summed E-state index contributed by atoms with van der Waals surface area (Å²) in [5, 5.41) is 17.0. The second-order valence-electron chi connectivity index (χ2n) is 6.01. The van der Waals surface area contributed by atoms with Crippen molar-refractivity contribution in [1.29, 1.82) is 0 Å². The number of anilines is 1. The lowest BCUT2D eigenvalue weighted by molar-refractivity contribution is 0.0996. The van der Waals surface area contributed by atoms with Crippen molar-refractivity contribution in [3.63, 3.8) is 0 Å². The van der Waals surface area contributed by atoms with Gasteiger partial charge in [-0.05, 0) is 61.4 Å². The summed E-state index contributed by atoms with van der Waals surface area (Å²) in [6.07, 6.45) is 1.43. The average Bonchev–Trinajstić information content (AvgIpc) is 3.28. The molecular weight excluding hydrogens is 332 g/mol. The van der Waals surface area contributed by atoms with Crippen LogP contribution in [0.5, 0.6) is 5.75 Å². The van der Waals surface area contributed by atoms with Crippen LogP contribution in [0.2, 0.25) is 0 Å². The molecule has 0 saturated carbocycles. The molecule has 1 aromatic carbocycles. The number of carbonyl (C=O) groups is 1. The van der Waals surface area contributed by atoms with Gasteiger partial charge in [-0.2, -0.15) is 4.98 Å². The maximum atomic E-state index is 12.1. The molecule has 0 aliphatic rings. The van der Waals surface area contributed by atoms with E-state index in [0.29, 0.717) is 5.65 Å². The van der Waals surface area contributed by atoms with Gasteiger partial charge in [0.1, 0.15) is 5.75 Å². The number of phenols is 1. The van der Waals surface area contributed by atoms with Gasteiger partial charge in [0.05, 0.1) is 12.0 Å². The molecule has 130 valence electrons. The average molecular weight is 348 g/mol. The highest BCUT2D eigenvalue weighted by atomic mass is 16.3. The number of amides is 1. The number of phenolic OH excluding ortho intramolecular Hbond substituents is 1. The van der Waals surface area contributed by atoms with Crippen molar-refractivity contribution in [2.24, 2.45) is 0 Å². The molecule has 0 bridgehead atoms. The number of aromatic nitrogens is 3. The predicted molar refractivity (Wildman–Crippen MR) is 96.2 cm³/mol. The molecule has 26 heavy (non-hydrogen) atoms. The van der Waals surface area contributed by atoms with Gasteiger partial charge in [0.2, 0.25) is 5.95 Å². The Balaban J connectivity index is 1.76. The number of pyridine rings is 1. The Morgan fingerprint density at radius 1 is 1.15 bits per heavy atom. The van der Waals surface area contributed by atoms with Crippen molar-refractivity contribution in [1.82, 2.24) is 14.6 Å². The standard InChI is InChI=1S/C19H16N4O3/c1-11-9-13(10-12(2)17(11)24)14-5-3-7-16-20-19(22-23(14)16)21-18(25)15-6-4-8-26-15/h3-10,24H,1-2H3,(H,21,22,25). The molecule has 0 saturated heterocycles. The zero-order valence-corrected chi connectivity index (χ0v) is 14.2. The highest BCUT2D eigenvalue weighted by molar-refractivity contribution is 6.01. The fourth-order valence-corrected chi connectivity index (χ4v) is 2.85. The molecule has 3 heterocycles. The molecule has 0 atom stereocenters. The Kier molecular flexibility index (Phi) is 3.69. The molecule has 7 nitrogen and oxygen atoms in total. The van der Waals surface area contributed by atoms with E-state index in [1.807, 2.05) is 38.1 Å². The molecule has 7 heteroatoms. The molecule has 0 fully saturated rings. The van der Waals surface area contributed by atoms with E-state index < -0.39 is 5.91 Å². The summed E-state index contributed by atoms with van der Waals surface area (Å²) in [5.41, 5.74) is 3.87. The topological polar surface area (TPSA) is 92.7 Å². The molecule has 0 unspecified atom stereocenters. The second-order valence-corrected chi connectivity index (χ2v) is 6.01. The number of rotatable bonds is 3. The summed E-state index contributed by atoms with van der Waals surface area (Å²) >= 11 is 0. The number of carbonyl (C=O) groups excluding carboxylic acids is 1. The first-order valence-corrected chi connectivity index (χ1v) is 8.04. The first kappa shape index (κ1) is 15.9. The zero-order valence-electron chi connectivity index (χ0n) is 14.2. The minimum atomic E-state index is -0.413. The van der Waals surface area contributed by atoms with Gasteiger partial charge in [-0.3, -0.25) is 10.1 Å². The number of benzene rings is 1. The van der Waals surface area contributed by atoms with E-state index >= 15 is 0 Å². The Morgan fingerprint density at radius 2 is 1.92 bits per heavy atom. The van der Waals surface area contributed by atoms with Crippen molar-refractivity contribution in [2.75, 3.05) is 5.32 Å². The van der Waals surface area contributed by atoms with Gasteiger partial charge >= 0.3 is 0 Å². The van der Waals surface area contributed by atoms with Crippen LogP contribution in [0, 0.1) is 13.8 Å². The van der Waals surface area contributed by atoms with E-state index in [-0.39, 0.29) is 17.5 Å². The lowest BCUT2D eigenvalue weighted by atomic mass is 10.0. The van der Waals surface area contributed by atoms with E-state index in [0.717, 1.165) is 22.4 Å². The van der Waals surface area contributed by atoms with Crippen LogP contribution in [-0.2, 0) is 0 Å². The van der Waals surface area contributed by atoms with Crippen molar-refractivity contribution in [3.8, 4) is 17.0 Å². The van der Waals surface area contributed by atoms with Crippen molar-refractivity contribution < 1.29 is 14.3 Å². The van der Waals surface area contributed by atoms with Crippen molar-refractivity contribution in [2.45, 2.75) is 13.8 Å². The lowest BCUT2D eigenvalue weighted by Crippen LogP contribution is -2.12. The molecule has 0 aliphatic carbocycles. The summed E-state index contributed by atoms with van der Waals surface area (Å²) < 4.78 is 6.73. The molecule has 3 aromatic heterocycles. The molecule has 0 radical (unpaired) electrons. The number of nitrogens with one attached hydrogen (secondary N) is 1. The summed E-state index contributed by atoms with van der Waals surface area (Å²) in [6.45, 7) is 3.70. The van der Waals surface area contributed by atoms with Crippen LogP contribution in [0.4, 0.5) is 5.95 Å². The first-order chi connectivity index (χ1) is 12.5. The van der Waals surface area contributed by atoms with Gasteiger partial charge in [-0.15, -0.1) is 5.10 Å². The largest absolute Gasteiger partial charge is 0.507 e. The Hall–Kier alpha value is -3.61. The van der Waals surface area contributed by atoms with Crippen LogP contribution in [0.15, 0.2) is 53.1 Å². The lowest BCUT2D eigenvalue weighted by Gasteiger charge is -2.09. The van der Waals surface area contributed by atoms with Gasteiger partial charge in [0.15, 0.2) is 11.4 Å². The highest BCUT2D eigenvalue weighted by Crippen LogP contribution is 2.29. The molecule has 2 N–H and O–H groups in total.